The van der Waals surface area contributed by atoms with Crippen molar-refractivity contribution in [3.63, 3.8) is 0 Å². The van der Waals surface area contributed by atoms with Crippen LogP contribution >= 0.6 is 15.9 Å². The molecule has 9 nitrogen and oxygen atoms in total. The highest BCUT2D eigenvalue weighted by Crippen LogP contribution is 2.34. The van der Waals surface area contributed by atoms with Crippen LogP contribution in [0.5, 0.6) is 11.5 Å². The molecule has 212 valence electrons. The topological polar surface area (TPSA) is 93.5 Å². The maximum Gasteiger partial charge on any atom is 0.257 e. The Morgan fingerprint density at radius 2 is 1.95 bits per heavy atom. The van der Waals surface area contributed by atoms with Gasteiger partial charge in [0.1, 0.15) is 23.4 Å². The molecule has 0 atom stereocenters. The summed E-state index contributed by atoms with van der Waals surface area (Å²) in [6, 6.07) is 13.5. The van der Waals surface area contributed by atoms with Gasteiger partial charge in [-0.3, -0.25) is 4.79 Å². The van der Waals surface area contributed by atoms with E-state index in [1.54, 1.807) is 7.11 Å². The number of carbonyl (C=O) groups excluding carboxylic acids is 1. The van der Waals surface area contributed by atoms with Crippen LogP contribution in [0.2, 0.25) is 0 Å². The number of nitrogens with one attached hydrogen (secondary N) is 2. The SMILES string of the molecule is COc1cc(OC2CCN(C)CC2)ccc1Nc1ncc2c(n1)-n1ccc(C(=O)Nc3c(C)cccc3Br)c1CC2. The Morgan fingerprint density at radius 1 is 1.12 bits per heavy atom. The van der Waals surface area contributed by atoms with Crippen LogP contribution in [0.3, 0.4) is 0 Å². The summed E-state index contributed by atoms with van der Waals surface area (Å²) < 4.78 is 14.7. The molecule has 2 aromatic carbocycles. The zero-order valence-electron chi connectivity index (χ0n) is 23.4. The smallest absolute Gasteiger partial charge is 0.257 e. The van der Waals surface area contributed by atoms with Gasteiger partial charge in [0.15, 0.2) is 0 Å². The molecule has 10 heteroatoms. The molecule has 2 N–H and O–H groups in total. The molecule has 2 aliphatic heterocycles. The summed E-state index contributed by atoms with van der Waals surface area (Å²) in [5.41, 5.74) is 5.11. The Balaban J connectivity index is 1.21. The van der Waals surface area contributed by atoms with Crippen molar-refractivity contribution < 1.29 is 14.3 Å². The molecule has 41 heavy (non-hydrogen) atoms. The Labute approximate surface area is 248 Å². The van der Waals surface area contributed by atoms with Crippen molar-refractivity contribution in [1.82, 2.24) is 19.4 Å². The lowest BCUT2D eigenvalue weighted by molar-refractivity contribution is 0.102. The molecule has 1 amide bonds. The highest BCUT2D eigenvalue weighted by molar-refractivity contribution is 9.10. The summed E-state index contributed by atoms with van der Waals surface area (Å²) in [6.07, 6.45) is 7.45. The number of methoxy groups -OCH3 is 1. The molecule has 0 bridgehead atoms. The molecule has 2 aromatic heterocycles. The van der Waals surface area contributed by atoms with Gasteiger partial charge < -0.3 is 29.6 Å². The number of fused-ring (bicyclic) bond motifs is 3. The third kappa shape index (κ3) is 5.67. The Bertz CT molecular complexity index is 1570. The molecule has 0 radical (unpaired) electrons. The highest BCUT2D eigenvalue weighted by Gasteiger charge is 2.25. The van der Waals surface area contributed by atoms with E-state index < -0.39 is 0 Å². The molecule has 1 fully saturated rings. The van der Waals surface area contributed by atoms with Crippen molar-refractivity contribution in [2.45, 2.75) is 38.7 Å². The van der Waals surface area contributed by atoms with E-state index in [-0.39, 0.29) is 12.0 Å². The minimum absolute atomic E-state index is 0.142. The van der Waals surface area contributed by atoms with Crippen LogP contribution in [0.15, 0.2) is 59.3 Å². The number of halogens is 1. The number of likely N-dealkylation sites (tertiary alicyclic amines) is 1. The lowest BCUT2D eigenvalue weighted by Crippen LogP contribution is -2.35. The summed E-state index contributed by atoms with van der Waals surface area (Å²) in [7, 11) is 3.78. The van der Waals surface area contributed by atoms with Crippen LogP contribution in [-0.4, -0.2) is 58.7 Å². The highest BCUT2D eigenvalue weighted by atomic mass is 79.9. The molecule has 6 rings (SSSR count). The van der Waals surface area contributed by atoms with Crippen LogP contribution in [0.4, 0.5) is 17.3 Å². The molecular weight excluding hydrogens is 584 g/mol. The predicted molar refractivity (Wildman–Crippen MR) is 163 cm³/mol. The predicted octanol–water partition coefficient (Wildman–Crippen LogP) is 5.91. The van der Waals surface area contributed by atoms with Crippen molar-refractivity contribution in [1.29, 1.82) is 0 Å². The van der Waals surface area contributed by atoms with E-state index in [0.29, 0.717) is 17.3 Å². The van der Waals surface area contributed by atoms with Crippen molar-refractivity contribution >= 4 is 39.2 Å². The molecule has 4 heterocycles. The Morgan fingerprint density at radius 3 is 2.73 bits per heavy atom. The average Bonchev–Trinajstić information content (AvgIpc) is 3.42. The zero-order valence-corrected chi connectivity index (χ0v) is 25.0. The normalized spacial score (nSPS) is 15.1. The first-order valence-corrected chi connectivity index (χ1v) is 14.6. The van der Waals surface area contributed by atoms with E-state index in [2.05, 4.69) is 43.5 Å². The van der Waals surface area contributed by atoms with Crippen LogP contribution in [0.1, 0.15) is 40.0 Å². The van der Waals surface area contributed by atoms with Crippen LogP contribution < -0.4 is 20.1 Å². The van der Waals surface area contributed by atoms with Gasteiger partial charge in [0.2, 0.25) is 5.95 Å². The summed E-state index contributed by atoms with van der Waals surface area (Å²) >= 11 is 3.55. The van der Waals surface area contributed by atoms with E-state index in [1.165, 1.54) is 0 Å². The van der Waals surface area contributed by atoms with Crippen molar-refractivity contribution in [3.8, 4) is 17.3 Å². The largest absolute Gasteiger partial charge is 0.494 e. The molecule has 1 saturated heterocycles. The number of benzene rings is 2. The minimum atomic E-state index is -0.142. The van der Waals surface area contributed by atoms with Gasteiger partial charge in [-0.2, -0.15) is 4.98 Å². The second-order valence-corrected chi connectivity index (χ2v) is 11.4. The van der Waals surface area contributed by atoms with Gasteiger partial charge in [-0.15, -0.1) is 0 Å². The number of piperidine rings is 1. The van der Waals surface area contributed by atoms with E-state index >= 15 is 0 Å². The number of para-hydroxylation sites is 1. The van der Waals surface area contributed by atoms with Crippen molar-refractivity contribution in [2.75, 3.05) is 37.9 Å². The number of ether oxygens (including phenoxy) is 2. The second-order valence-electron chi connectivity index (χ2n) is 10.6. The van der Waals surface area contributed by atoms with Crippen molar-refractivity contribution in [2.24, 2.45) is 0 Å². The van der Waals surface area contributed by atoms with Crippen LogP contribution in [0.25, 0.3) is 5.82 Å². The molecule has 0 aliphatic carbocycles. The van der Waals surface area contributed by atoms with E-state index in [4.69, 9.17) is 14.5 Å². The number of anilines is 3. The summed E-state index contributed by atoms with van der Waals surface area (Å²) in [5, 5.41) is 6.38. The standard InChI is InChI=1S/C31H33BrN6O3/c1-19-5-4-6-24(32)28(19)35-30(39)23-13-16-38-26(23)10-7-20-18-33-31(36-29(20)38)34-25-9-8-22(17-27(25)40-3)41-21-11-14-37(2)15-12-21/h4-6,8-9,13,16-18,21H,7,10-12,14-15H2,1-3H3,(H,35,39)(H,33,34,36). The Kier molecular flexibility index (Phi) is 7.68. The fourth-order valence-corrected chi connectivity index (χ4v) is 6.02. The summed E-state index contributed by atoms with van der Waals surface area (Å²) in [5.74, 6) is 2.51. The van der Waals surface area contributed by atoms with Gasteiger partial charge in [0.05, 0.1) is 24.0 Å². The summed E-state index contributed by atoms with van der Waals surface area (Å²) in [6.45, 7) is 4.05. The maximum absolute atomic E-state index is 13.3. The molecule has 2 aliphatic rings. The van der Waals surface area contributed by atoms with E-state index in [0.717, 1.165) is 83.0 Å². The third-order valence-corrected chi connectivity index (χ3v) is 8.45. The number of carbonyl (C=O) groups is 1. The lowest BCUT2D eigenvalue weighted by atomic mass is 10.0. The number of hydrogen-bond donors (Lipinski definition) is 2. The number of rotatable bonds is 7. The minimum Gasteiger partial charge on any atom is -0.494 e. The zero-order chi connectivity index (χ0) is 28.5. The van der Waals surface area contributed by atoms with E-state index in [1.807, 2.05) is 66.3 Å². The Hall–Kier alpha value is -3.89. The first kappa shape index (κ1) is 27.3. The fourth-order valence-electron chi connectivity index (χ4n) is 5.46. The molecule has 4 aromatic rings. The first-order chi connectivity index (χ1) is 19.9. The number of aryl methyl sites for hydroxylation is 2. The number of amides is 1. The van der Waals surface area contributed by atoms with Gasteiger partial charge in [-0.25, -0.2) is 4.98 Å². The van der Waals surface area contributed by atoms with Gasteiger partial charge in [-0.05, 0) is 85.4 Å². The number of aromatic nitrogens is 3. The lowest BCUT2D eigenvalue weighted by Gasteiger charge is -2.29. The maximum atomic E-state index is 13.3. The van der Waals surface area contributed by atoms with Crippen LogP contribution in [-0.2, 0) is 12.8 Å². The fraction of sp³-hybridized carbons (Fsp3) is 0.323. The number of nitrogens with zero attached hydrogens (tertiary/aromatic N) is 4. The molecule has 0 spiro atoms. The monoisotopic (exact) mass is 616 g/mol. The third-order valence-electron chi connectivity index (χ3n) is 7.79. The summed E-state index contributed by atoms with van der Waals surface area (Å²) in [4.78, 5) is 25.0. The van der Waals surface area contributed by atoms with Gasteiger partial charge >= 0.3 is 0 Å². The van der Waals surface area contributed by atoms with Gasteiger partial charge in [-0.1, -0.05) is 12.1 Å². The quantitative estimate of drug-likeness (QED) is 0.266. The first-order valence-electron chi connectivity index (χ1n) is 13.8. The van der Waals surface area contributed by atoms with Crippen molar-refractivity contribution in [3.05, 3.63) is 81.7 Å². The van der Waals surface area contributed by atoms with Gasteiger partial charge in [0.25, 0.3) is 5.91 Å². The number of hydrogen-bond acceptors (Lipinski definition) is 7. The second kappa shape index (κ2) is 11.5. The average molecular weight is 618 g/mol. The van der Waals surface area contributed by atoms with E-state index in [9.17, 15) is 4.79 Å². The van der Waals surface area contributed by atoms with Gasteiger partial charge in [0, 0.05) is 47.3 Å². The molecule has 0 unspecified atom stereocenters. The van der Waals surface area contributed by atoms with Crippen LogP contribution in [0, 0.1) is 6.92 Å². The molecule has 0 saturated carbocycles. The molecular formula is C31H33BrN6O3.